The highest BCUT2D eigenvalue weighted by atomic mass is 32.2. The molecule has 2 N–H and O–H groups in total. The highest BCUT2D eigenvalue weighted by molar-refractivity contribution is 8.14. The number of ketones is 1. The minimum absolute atomic E-state index is 0.0179. The Labute approximate surface area is 205 Å². The van der Waals surface area contributed by atoms with Gasteiger partial charge in [0, 0.05) is 5.56 Å². The van der Waals surface area contributed by atoms with E-state index >= 15 is 0 Å². The number of carbonyl (C=O) groups is 2. The summed E-state index contributed by atoms with van der Waals surface area (Å²) in [6, 6.07) is 16.7. The Hall–Kier alpha value is -4.24. The fourth-order valence-electron chi connectivity index (χ4n) is 3.59. The molecule has 3 aromatic rings. The summed E-state index contributed by atoms with van der Waals surface area (Å²) in [6.07, 6.45) is 1.67. The summed E-state index contributed by atoms with van der Waals surface area (Å²) < 4.78 is 10.8. The van der Waals surface area contributed by atoms with Crippen molar-refractivity contribution < 1.29 is 29.3 Å². The van der Waals surface area contributed by atoms with Gasteiger partial charge in [-0.1, -0.05) is 35.5 Å². The topological polar surface area (TPSA) is 109 Å². The second-order valence-electron chi connectivity index (χ2n) is 7.93. The number of hydrogen-bond acceptors (Lipinski definition) is 8. The average Bonchev–Trinajstić information content (AvgIpc) is 3.44. The molecule has 0 fully saturated rings. The summed E-state index contributed by atoms with van der Waals surface area (Å²) in [4.78, 5) is 32.1. The number of nitrogens with zero attached hydrogens (tertiary/aromatic N) is 2. The monoisotopic (exact) mass is 488 g/mol. The van der Waals surface area contributed by atoms with Crippen molar-refractivity contribution >= 4 is 40.4 Å². The first-order chi connectivity index (χ1) is 16.9. The third-order valence-electron chi connectivity index (χ3n) is 5.45. The number of amidine groups is 1. The molecule has 2 aliphatic heterocycles. The molecule has 0 spiro atoms. The van der Waals surface area contributed by atoms with Gasteiger partial charge in [-0.15, -0.1) is 0 Å². The average molecular weight is 489 g/mol. The van der Waals surface area contributed by atoms with Crippen LogP contribution in [0.3, 0.4) is 0 Å². The number of ether oxygens (including phenoxy) is 2. The van der Waals surface area contributed by atoms with E-state index in [4.69, 9.17) is 9.47 Å². The number of phenols is 2. The lowest BCUT2D eigenvalue weighted by molar-refractivity contribution is -0.113. The molecular formula is C26H20N2O6S. The molecule has 0 aromatic heterocycles. The molecule has 5 rings (SSSR count). The van der Waals surface area contributed by atoms with Gasteiger partial charge in [-0.25, -0.2) is 4.99 Å². The SMILES string of the molecule is Cc1ccc(N2C(=O)/C(=C\c3ccc4c(c3)OCO4)N=C2SCC(=O)c2ccc(O)c(O)c2)cc1. The number of aromatic hydroxyl groups is 2. The van der Waals surface area contributed by atoms with E-state index in [1.807, 2.05) is 37.3 Å². The van der Waals surface area contributed by atoms with E-state index in [1.165, 1.54) is 23.1 Å². The maximum atomic E-state index is 13.4. The minimum atomic E-state index is -0.371. The summed E-state index contributed by atoms with van der Waals surface area (Å²) in [7, 11) is 0. The summed E-state index contributed by atoms with van der Waals surface area (Å²) in [5.74, 6) is -0.0450. The third kappa shape index (κ3) is 4.58. The minimum Gasteiger partial charge on any atom is -0.504 e. The molecule has 8 nitrogen and oxygen atoms in total. The summed E-state index contributed by atoms with van der Waals surface area (Å²) in [5, 5.41) is 19.6. The van der Waals surface area contributed by atoms with Gasteiger partial charge in [0.15, 0.2) is 33.9 Å². The van der Waals surface area contributed by atoms with Gasteiger partial charge in [-0.2, -0.15) is 0 Å². The number of aryl methyl sites for hydroxylation is 1. The third-order valence-corrected chi connectivity index (χ3v) is 6.39. The number of benzene rings is 3. The summed E-state index contributed by atoms with van der Waals surface area (Å²) >= 11 is 1.12. The molecule has 2 aliphatic rings. The molecule has 0 radical (unpaired) electrons. The Bertz CT molecular complexity index is 1400. The van der Waals surface area contributed by atoms with Crippen LogP contribution >= 0.6 is 11.8 Å². The van der Waals surface area contributed by atoms with Gasteiger partial charge in [0.25, 0.3) is 5.91 Å². The number of anilines is 1. The van der Waals surface area contributed by atoms with E-state index < -0.39 is 0 Å². The molecule has 9 heteroatoms. The maximum Gasteiger partial charge on any atom is 0.283 e. The van der Waals surface area contributed by atoms with Gasteiger partial charge in [0.1, 0.15) is 5.70 Å². The Balaban J connectivity index is 1.43. The lowest BCUT2D eigenvalue weighted by Gasteiger charge is -2.18. The van der Waals surface area contributed by atoms with Gasteiger partial charge < -0.3 is 19.7 Å². The molecule has 0 aliphatic carbocycles. The van der Waals surface area contributed by atoms with Crippen molar-refractivity contribution in [1.82, 2.24) is 0 Å². The van der Waals surface area contributed by atoms with E-state index in [-0.39, 0.29) is 47.0 Å². The number of hydrogen-bond donors (Lipinski definition) is 2. The van der Waals surface area contributed by atoms with E-state index in [9.17, 15) is 19.8 Å². The number of aliphatic imine (C=N–C) groups is 1. The maximum absolute atomic E-state index is 13.4. The van der Waals surface area contributed by atoms with Crippen LogP contribution in [0, 0.1) is 6.92 Å². The standard InChI is InChI=1S/C26H20N2O6S/c1-15-2-6-18(7-3-15)28-25(32)19(10-16-4-9-23-24(11-16)34-14-33-23)27-26(28)35-13-22(31)17-5-8-20(29)21(30)12-17/h2-12,29-30H,13-14H2,1H3/b19-10+. The highest BCUT2D eigenvalue weighted by Crippen LogP contribution is 2.35. The van der Waals surface area contributed by atoms with Crippen LogP contribution in [0.1, 0.15) is 21.5 Å². The van der Waals surface area contributed by atoms with Crippen LogP contribution in [-0.4, -0.2) is 39.6 Å². The molecule has 0 saturated heterocycles. The molecule has 3 aromatic carbocycles. The van der Waals surface area contributed by atoms with Crippen LogP contribution < -0.4 is 14.4 Å². The summed E-state index contributed by atoms with van der Waals surface area (Å²) in [5.41, 5.74) is 2.88. The zero-order chi connectivity index (χ0) is 24.5. The van der Waals surface area contributed by atoms with E-state index in [1.54, 1.807) is 18.2 Å². The van der Waals surface area contributed by atoms with Crippen molar-refractivity contribution in [1.29, 1.82) is 0 Å². The number of rotatable bonds is 5. The number of thioether (sulfide) groups is 1. The Kier molecular flexibility index (Phi) is 5.92. The van der Waals surface area contributed by atoms with Crippen LogP contribution in [-0.2, 0) is 4.79 Å². The van der Waals surface area contributed by atoms with Crippen molar-refractivity contribution in [3.05, 3.63) is 83.1 Å². The number of fused-ring (bicyclic) bond motifs is 1. The molecule has 35 heavy (non-hydrogen) atoms. The Morgan fingerprint density at radius 1 is 1.03 bits per heavy atom. The first kappa shape index (κ1) is 22.5. The van der Waals surface area contributed by atoms with Gasteiger partial charge >= 0.3 is 0 Å². The molecule has 2 heterocycles. The second kappa shape index (κ2) is 9.19. The normalized spacial score (nSPS) is 15.6. The fourth-order valence-corrected chi connectivity index (χ4v) is 4.49. The number of phenolic OH excluding ortho intramolecular Hbond substituents is 2. The van der Waals surface area contributed by atoms with Crippen LogP contribution in [0.25, 0.3) is 6.08 Å². The predicted molar refractivity (Wildman–Crippen MR) is 133 cm³/mol. The second-order valence-corrected chi connectivity index (χ2v) is 8.87. The zero-order valence-electron chi connectivity index (χ0n) is 18.6. The molecule has 176 valence electrons. The molecule has 1 amide bonds. The quantitative estimate of drug-likeness (QED) is 0.309. The van der Waals surface area contributed by atoms with Crippen LogP contribution in [0.4, 0.5) is 5.69 Å². The van der Waals surface area contributed by atoms with Gasteiger partial charge in [0.05, 0.1) is 11.4 Å². The number of carbonyl (C=O) groups excluding carboxylic acids is 2. The number of amides is 1. The van der Waals surface area contributed by atoms with Crippen molar-refractivity contribution in [2.75, 3.05) is 17.4 Å². The fraction of sp³-hybridized carbons (Fsp3) is 0.115. The van der Waals surface area contributed by atoms with E-state index in [2.05, 4.69) is 4.99 Å². The van der Waals surface area contributed by atoms with Crippen LogP contribution in [0.15, 0.2) is 71.4 Å². The molecule has 0 bridgehead atoms. The molecule has 0 unspecified atom stereocenters. The smallest absolute Gasteiger partial charge is 0.283 e. The number of Topliss-reactive ketones (excluding diaryl/α,β-unsaturated/α-hetero) is 1. The van der Waals surface area contributed by atoms with Crippen molar-refractivity contribution in [2.24, 2.45) is 4.99 Å². The van der Waals surface area contributed by atoms with Crippen LogP contribution in [0.5, 0.6) is 23.0 Å². The van der Waals surface area contributed by atoms with E-state index in [0.717, 1.165) is 22.9 Å². The first-order valence-corrected chi connectivity index (χ1v) is 11.7. The Morgan fingerprint density at radius 2 is 1.80 bits per heavy atom. The van der Waals surface area contributed by atoms with Crippen molar-refractivity contribution in [3.63, 3.8) is 0 Å². The zero-order valence-corrected chi connectivity index (χ0v) is 19.4. The lowest BCUT2D eigenvalue weighted by atomic mass is 10.1. The predicted octanol–water partition coefficient (Wildman–Crippen LogP) is 4.49. The van der Waals surface area contributed by atoms with Gasteiger partial charge in [-0.05, 0) is 61.0 Å². The van der Waals surface area contributed by atoms with Crippen LogP contribution in [0.2, 0.25) is 0 Å². The Morgan fingerprint density at radius 3 is 2.57 bits per heavy atom. The molecular weight excluding hydrogens is 468 g/mol. The molecule has 0 saturated carbocycles. The first-order valence-electron chi connectivity index (χ1n) is 10.7. The van der Waals surface area contributed by atoms with Gasteiger partial charge in [-0.3, -0.25) is 14.5 Å². The molecule has 0 atom stereocenters. The summed E-state index contributed by atoms with van der Waals surface area (Å²) in [6.45, 7) is 2.11. The van der Waals surface area contributed by atoms with Crippen molar-refractivity contribution in [3.8, 4) is 23.0 Å². The van der Waals surface area contributed by atoms with Crippen molar-refractivity contribution in [2.45, 2.75) is 6.92 Å². The lowest BCUT2D eigenvalue weighted by Crippen LogP contribution is -2.30. The highest BCUT2D eigenvalue weighted by Gasteiger charge is 2.32. The largest absolute Gasteiger partial charge is 0.504 e. The van der Waals surface area contributed by atoms with E-state index in [0.29, 0.717) is 22.4 Å². The van der Waals surface area contributed by atoms with Gasteiger partial charge in [0.2, 0.25) is 6.79 Å².